The van der Waals surface area contributed by atoms with E-state index < -0.39 is 12.1 Å². The summed E-state index contributed by atoms with van der Waals surface area (Å²) in [5.41, 5.74) is 6.07. The van der Waals surface area contributed by atoms with Gasteiger partial charge in [-0.2, -0.15) is 0 Å². The van der Waals surface area contributed by atoms with Crippen LogP contribution in [0.1, 0.15) is 23.4 Å². The van der Waals surface area contributed by atoms with Crippen LogP contribution >= 0.6 is 0 Å². The Balaban J connectivity index is 1.38. The third-order valence-electron chi connectivity index (χ3n) is 5.06. The number of benzene rings is 1. The van der Waals surface area contributed by atoms with Gasteiger partial charge in [0, 0.05) is 49.0 Å². The smallest absolute Gasteiger partial charge is 0.333 e. The molecule has 1 aliphatic rings. The number of rotatable bonds is 8. The van der Waals surface area contributed by atoms with Crippen LogP contribution in [-0.2, 0) is 16.0 Å². The van der Waals surface area contributed by atoms with Gasteiger partial charge in [0.05, 0.1) is 18.0 Å². The molecular formula is C24H22N2O4. The summed E-state index contributed by atoms with van der Waals surface area (Å²) in [5, 5.41) is 9.08. The maximum atomic E-state index is 11.1. The average molecular weight is 402 g/mol. The molecule has 0 bridgehead atoms. The summed E-state index contributed by atoms with van der Waals surface area (Å²) in [5.74, 6) is -0.227. The van der Waals surface area contributed by atoms with Gasteiger partial charge in [-0.25, -0.2) is 4.79 Å². The summed E-state index contributed by atoms with van der Waals surface area (Å²) in [4.78, 5) is 20.2. The molecule has 152 valence electrons. The molecule has 0 saturated heterocycles. The molecule has 30 heavy (non-hydrogen) atoms. The van der Waals surface area contributed by atoms with E-state index in [0.717, 1.165) is 39.4 Å². The molecule has 0 fully saturated rings. The Morgan fingerprint density at radius 2 is 1.67 bits per heavy atom. The fourth-order valence-corrected chi connectivity index (χ4v) is 3.57. The zero-order valence-electron chi connectivity index (χ0n) is 16.6. The van der Waals surface area contributed by atoms with Crippen LogP contribution in [-0.4, -0.2) is 40.9 Å². The van der Waals surface area contributed by atoms with Crippen molar-refractivity contribution in [3.05, 3.63) is 84.0 Å². The minimum absolute atomic E-state index is 0.316. The van der Waals surface area contributed by atoms with Crippen molar-refractivity contribution in [1.82, 2.24) is 9.97 Å². The largest absolute Gasteiger partial charge is 0.493 e. The summed E-state index contributed by atoms with van der Waals surface area (Å²) in [6.07, 6.45) is 5.91. The summed E-state index contributed by atoms with van der Waals surface area (Å²) >= 11 is 0. The number of aliphatic carboxylic acids is 1. The number of aromatic nitrogens is 2. The number of hydrogen-bond acceptors (Lipinski definition) is 5. The third kappa shape index (κ3) is 4.09. The highest BCUT2D eigenvalue weighted by Crippen LogP contribution is 2.41. The van der Waals surface area contributed by atoms with E-state index in [1.807, 2.05) is 36.4 Å². The minimum Gasteiger partial charge on any atom is -0.493 e. The molecule has 1 aromatic carbocycles. The molecule has 1 unspecified atom stereocenters. The van der Waals surface area contributed by atoms with Crippen LogP contribution in [0.25, 0.3) is 16.7 Å². The standard InChI is InChI=1S/C24H22N2O4/c1-29-21(24(27)28)15-16-8-10-17(11-9-16)30-14-4-7-20-22-18(5-2-12-25-22)19-6-3-13-26-23(19)20/h2-3,5-13,21H,4,14-15H2,1H3,(H,27,28). The Hall–Kier alpha value is -3.51. The lowest BCUT2D eigenvalue weighted by molar-refractivity contribution is -0.148. The first-order valence-electron chi connectivity index (χ1n) is 9.76. The molecule has 4 rings (SSSR count). The maximum absolute atomic E-state index is 11.1. The minimum atomic E-state index is -0.968. The van der Waals surface area contributed by atoms with Gasteiger partial charge >= 0.3 is 5.97 Å². The topological polar surface area (TPSA) is 81.5 Å². The Labute approximate surface area is 174 Å². The fourth-order valence-electron chi connectivity index (χ4n) is 3.57. The number of carboxylic acids is 1. The van der Waals surface area contributed by atoms with E-state index in [-0.39, 0.29) is 0 Å². The molecule has 0 aliphatic heterocycles. The fraction of sp³-hybridized carbons (Fsp3) is 0.208. The molecule has 0 amide bonds. The lowest BCUT2D eigenvalue weighted by Gasteiger charge is -2.11. The van der Waals surface area contributed by atoms with E-state index in [0.29, 0.717) is 19.4 Å². The van der Waals surface area contributed by atoms with E-state index >= 15 is 0 Å². The number of hydrogen-bond donors (Lipinski definition) is 1. The number of nitrogens with zero attached hydrogens (tertiary/aromatic N) is 2. The molecule has 1 N–H and O–H groups in total. The van der Waals surface area contributed by atoms with Gasteiger partial charge in [0.1, 0.15) is 5.75 Å². The van der Waals surface area contributed by atoms with Gasteiger partial charge < -0.3 is 14.6 Å². The van der Waals surface area contributed by atoms with E-state index in [1.165, 1.54) is 7.11 Å². The second-order valence-corrected chi connectivity index (χ2v) is 6.96. The molecule has 2 aromatic heterocycles. The van der Waals surface area contributed by atoms with Gasteiger partial charge in [-0.3, -0.25) is 9.97 Å². The SMILES string of the molecule is COC(Cc1ccc(OCCC=C2c3ncccc3-c3cccnc32)cc1)C(=O)O. The Morgan fingerprint density at radius 3 is 2.23 bits per heavy atom. The quantitative estimate of drug-likeness (QED) is 0.449. The van der Waals surface area contributed by atoms with Crippen molar-refractivity contribution in [2.24, 2.45) is 0 Å². The first-order chi connectivity index (χ1) is 14.7. The normalized spacial score (nSPS) is 12.8. The first-order valence-corrected chi connectivity index (χ1v) is 9.76. The molecule has 0 spiro atoms. The summed E-state index contributed by atoms with van der Waals surface area (Å²) in [6, 6.07) is 15.4. The lowest BCUT2D eigenvalue weighted by Crippen LogP contribution is -2.24. The number of methoxy groups -OCH3 is 1. The van der Waals surface area contributed by atoms with Crippen molar-refractivity contribution in [3.63, 3.8) is 0 Å². The van der Waals surface area contributed by atoms with Crippen LogP contribution in [0.2, 0.25) is 0 Å². The van der Waals surface area contributed by atoms with Gasteiger partial charge in [-0.1, -0.05) is 30.3 Å². The van der Waals surface area contributed by atoms with Crippen molar-refractivity contribution < 1.29 is 19.4 Å². The van der Waals surface area contributed by atoms with Gasteiger partial charge in [-0.05, 0) is 29.8 Å². The van der Waals surface area contributed by atoms with Gasteiger partial charge in [-0.15, -0.1) is 0 Å². The van der Waals surface area contributed by atoms with Crippen LogP contribution in [0.3, 0.4) is 0 Å². The molecule has 2 heterocycles. The third-order valence-corrected chi connectivity index (χ3v) is 5.06. The highest BCUT2D eigenvalue weighted by Gasteiger charge is 2.24. The number of pyridine rings is 2. The highest BCUT2D eigenvalue weighted by atomic mass is 16.5. The maximum Gasteiger partial charge on any atom is 0.333 e. The lowest BCUT2D eigenvalue weighted by atomic mass is 10.1. The molecule has 1 aliphatic carbocycles. The van der Waals surface area contributed by atoms with Crippen molar-refractivity contribution in [1.29, 1.82) is 0 Å². The van der Waals surface area contributed by atoms with Gasteiger partial charge in [0.2, 0.25) is 0 Å². The number of ether oxygens (including phenoxy) is 2. The number of carboxylic acid groups (broad SMARTS) is 1. The zero-order chi connectivity index (χ0) is 20.9. The molecule has 6 nitrogen and oxygen atoms in total. The van der Waals surface area contributed by atoms with Crippen molar-refractivity contribution in [3.8, 4) is 16.9 Å². The second kappa shape index (κ2) is 8.88. The molecule has 0 saturated carbocycles. The summed E-state index contributed by atoms with van der Waals surface area (Å²) < 4.78 is 10.8. The predicted molar refractivity (Wildman–Crippen MR) is 113 cm³/mol. The van der Waals surface area contributed by atoms with Crippen LogP contribution in [0.4, 0.5) is 0 Å². The van der Waals surface area contributed by atoms with Crippen molar-refractivity contribution in [2.75, 3.05) is 13.7 Å². The van der Waals surface area contributed by atoms with Crippen LogP contribution in [0.15, 0.2) is 67.0 Å². The van der Waals surface area contributed by atoms with E-state index in [1.54, 1.807) is 12.4 Å². The van der Waals surface area contributed by atoms with Crippen LogP contribution < -0.4 is 4.74 Å². The summed E-state index contributed by atoms with van der Waals surface area (Å²) in [6.45, 7) is 0.517. The Morgan fingerprint density at radius 1 is 1.03 bits per heavy atom. The van der Waals surface area contributed by atoms with E-state index in [2.05, 4.69) is 28.2 Å². The second-order valence-electron chi connectivity index (χ2n) is 6.96. The Bertz CT molecular complexity index is 1030. The monoisotopic (exact) mass is 402 g/mol. The zero-order valence-corrected chi connectivity index (χ0v) is 16.6. The van der Waals surface area contributed by atoms with E-state index in [4.69, 9.17) is 14.6 Å². The number of carbonyl (C=O) groups is 1. The molecule has 6 heteroatoms. The van der Waals surface area contributed by atoms with Gasteiger partial charge in [0.15, 0.2) is 6.10 Å². The first kappa shape index (κ1) is 19.8. The average Bonchev–Trinajstić information content (AvgIpc) is 3.09. The van der Waals surface area contributed by atoms with Crippen molar-refractivity contribution in [2.45, 2.75) is 18.9 Å². The molecule has 0 radical (unpaired) electrons. The van der Waals surface area contributed by atoms with Crippen LogP contribution in [0, 0.1) is 0 Å². The predicted octanol–water partition coefficient (Wildman–Crippen LogP) is 4.00. The van der Waals surface area contributed by atoms with Crippen molar-refractivity contribution >= 4 is 11.5 Å². The molecular weight excluding hydrogens is 380 g/mol. The summed E-state index contributed by atoms with van der Waals surface area (Å²) in [7, 11) is 1.40. The molecule has 3 aromatic rings. The molecule has 1 atom stereocenters. The van der Waals surface area contributed by atoms with E-state index in [9.17, 15) is 4.79 Å². The van der Waals surface area contributed by atoms with Gasteiger partial charge in [0.25, 0.3) is 0 Å². The number of fused-ring (bicyclic) bond motifs is 3. The van der Waals surface area contributed by atoms with Crippen LogP contribution in [0.5, 0.6) is 5.75 Å². The Kier molecular flexibility index (Phi) is 5.86. The highest BCUT2D eigenvalue weighted by molar-refractivity contribution is 5.98.